The average molecular weight is 461 g/mol. The van der Waals surface area contributed by atoms with E-state index >= 15 is 0 Å². The third-order valence-corrected chi connectivity index (χ3v) is 5.71. The van der Waals surface area contributed by atoms with Crippen LogP contribution >= 0.6 is 11.5 Å². The number of esters is 1. The summed E-state index contributed by atoms with van der Waals surface area (Å²) in [4.78, 5) is 35.2. The van der Waals surface area contributed by atoms with E-state index in [0.29, 0.717) is 28.9 Å². The Kier molecular flexibility index (Phi) is 6.20. The molecule has 4 rings (SSSR count). The van der Waals surface area contributed by atoms with Gasteiger partial charge in [-0.15, -0.1) is 0 Å². The van der Waals surface area contributed by atoms with Crippen molar-refractivity contribution in [1.82, 2.24) is 14.3 Å². The van der Waals surface area contributed by atoms with Crippen LogP contribution in [-0.2, 0) is 11.2 Å². The quantitative estimate of drug-likeness (QED) is 0.412. The molecule has 0 saturated heterocycles. The van der Waals surface area contributed by atoms with Gasteiger partial charge in [-0.2, -0.15) is 4.37 Å². The first-order chi connectivity index (χ1) is 15.7. The topological polar surface area (TPSA) is 94.1 Å². The first-order valence-electron chi connectivity index (χ1n) is 10.5. The van der Waals surface area contributed by atoms with Crippen molar-refractivity contribution in [2.24, 2.45) is 0 Å². The number of amides is 1. The fourth-order valence-electron chi connectivity index (χ4n) is 3.29. The number of rotatable bonds is 5. The van der Waals surface area contributed by atoms with E-state index in [0.717, 1.165) is 21.6 Å². The number of hydrogen-bond acceptors (Lipinski definition) is 7. The lowest BCUT2D eigenvalue weighted by atomic mass is 10.1. The zero-order valence-corrected chi connectivity index (χ0v) is 19.7. The second-order valence-corrected chi connectivity index (χ2v) is 9.48. The van der Waals surface area contributed by atoms with E-state index in [9.17, 15) is 9.59 Å². The number of fused-ring (bicyclic) bond motifs is 1. The molecular weight excluding hydrogens is 436 g/mol. The molecule has 0 atom stereocenters. The number of hydrogen-bond donors (Lipinski definition) is 1. The molecule has 33 heavy (non-hydrogen) atoms. The Morgan fingerprint density at radius 2 is 1.73 bits per heavy atom. The van der Waals surface area contributed by atoms with Gasteiger partial charge in [0.25, 0.3) is 5.91 Å². The van der Waals surface area contributed by atoms with E-state index in [1.165, 1.54) is 11.5 Å². The molecule has 0 fully saturated rings. The highest BCUT2D eigenvalue weighted by molar-refractivity contribution is 7.06. The summed E-state index contributed by atoms with van der Waals surface area (Å²) >= 11 is 1.29. The number of para-hydroxylation sites is 2. The molecule has 0 aliphatic heterocycles. The molecule has 2 heterocycles. The minimum Gasteiger partial charge on any atom is -0.456 e. The van der Waals surface area contributed by atoms with Gasteiger partial charge in [-0.1, -0.05) is 12.1 Å². The number of aromatic nitrogens is 3. The van der Waals surface area contributed by atoms with Gasteiger partial charge in [0.1, 0.15) is 5.60 Å². The van der Waals surface area contributed by atoms with Gasteiger partial charge in [0.05, 0.1) is 33.5 Å². The van der Waals surface area contributed by atoms with E-state index in [1.807, 2.05) is 52.0 Å². The minimum absolute atomic E-state index is 0.255. The van der Waals surface area contributed by atoms with Crippen molar-refractivity contribution in [2.45, 2.75) is 39.7 Å². The molecule has 8 heteroatoms. The SMILES string of the molecule is Cc1nsc(Cc2cnc3ccccc3n2)c1C(=O)Nc1ccc(C(=O)OC(C)(C)C)cc1. The van der Waals surface area contributed by atoms with E-state index in [-0.39, 0.29) is 5.91 Å². The van der Waals surface area contributed by atoms with Gasteiger partial charge in [-0.25, -0.2) is 9.78 Å². The highest BCUT2D eigenvalue weighted by atomic mass is 32.1. The second kappa shape index (κ2) is 9.07. The van der Waals surface area contributed by atoms with Gasteiger partial charge < -0.3 is 10.1 Å². The molecule has 168 valence electrons. The van der Waals surface area contributed by atoms with Crippen molar-refractivity contribution in [3.63, 3.8) is 0 Å². The fraction of sp³-hybridized carbons (Fsp3) is 0.240. The van der Waals surface area contributed by atoms with Crippen molar-refractivity contribution in [3.05, 3.63) is 82.1 Å². The summed E-state index contributed by atoms with van der Waals surface area (Å²) in [6.07, 6.45) is 2.19. The van der Waals surface area contributed by atoms with Gasteiger partial charge in [0, 0.05) is 23.2 Å². The first-order valence-corrected chi connectivity index (χ1v) is 11.3. The van der Waals surface area contributed by atoms with Gasteiger partial charge in [-0.05, 0) is 75.6 Å². The number of aryl methyl sites for hydroxylation is 1. The molecule has 0 bridgehead atoms. The zero-order chi connectivity index (χ0) is 23.6. The Hall–Kier alpha value is -3.65. The summed E-state index contributed by atoms with van der Waals surface area (Å²) < 4.78 is 9.75. The number of ether oxygens (including phenoxy) is 1. The van der Waals surface area contributed by atoms with Crippen molar-refractivity contribution >= 4 is 40.1 Å². The van der Waals surface area contributed by atoms with Gasteiger partial charge >= 0.3 is 5.97 Å². The Labute approximate surface area is 196 Å². The highest BCUT2D eigenvalue weighted by Gasteiger charge is 2.21. The van der Waals surface area contributed by atoms with Gasteiger partial charge in [0.15, 0.2) is 0 Å². The standard InChI is InChI=1S/C25H24N4O3S/c1-15-22(21(33-29-15)13-18-14-26-19-7-5-6-8-20(19)27-18)23(30)28-17-11-9-16(10-12-17)24(31)32-25(2,3)4/h5-12,14H,13H2,1-4H3,(H,28,30). The van der Waals surface area contributed by atoms with Crippen LogP contribution in [0.15, 0.2) is 54.7 Å². The lowest BCUT2D eigenvalue weighted by molar-refractivity contribution is 0.00695. The zero-order valence-electron chi connectivity index (χ0n) is 18.9. The number of nitrogens with one attached hydrogen (secondary N) is 1. The molecule has 4 aromatic rings. The van der Waals surface area contributed by atoms with Crippen LogP contribution in [0.25, 0.3) is 11.0 Å². The minimum atomic E-state index is -0.570. The van der Waals surface area contributed by atoms with Crippen molar-refractivity contribution in [2.75, 3.05) is 5.32 Å². The molecule has 2 aromatic carbocycles. The van der Waals surface area contributed by atoms with Crippen LogP contribution in [0.1, 0.15) is 57.8 Å². The third-order valence-electron chi connectivity index (χ3n) is 4.78. The third kappa shape index (κ3) is 5.40. The van der Waals surface area contributed by atoms with Crippen LogP contribution in [-0.4, -0.2) is 31.8 Å². The van der Waals surface area contributed by atoms with Crippen LogP contribution in [0.5, 0.6) is 0 Å². The largest absolute Gasteiger partial charge is 0.456 e. The van der Waals surface area contributed by atoms with Gasteiger partial charge in [-0.3, -0.25) is 9.78 Å². The van der Waals surface area contributed by atoms with Crippen LogP contribution in [0.3, 0.4) is 0 Å². The number of anilines is 1. The summed E-state index contributed by atoms with van der Waals surface area (Å²) in [7, 11) is 0. The number of carbonyl (C=O) groups is 2. The molecule has 0 spiro atoms. The molecule has 0 aliphatic carbocycles. The Balaban J connectivity index is 1.50. The maximum atomic E-state index is 13.1. The number of carbonyl (C=O) groups excluding carboxylic acids is 2. The predicted octanol–water partition coefficient (Wildman–Crippen LogP) is 5.19. The highest BCUT2D eigenvalue weighted by Crippen LogP contribution is 2.24. The van der Waals surface area contributed by atoms with E-state index in [4.69, 9.17) is 4.74 Å². The van der Waals surface area contributed by atoms with Crippen LogP contribution in [0.2, 0.25) is 0 Å². The fourth-order valence-corrected chi connectivity index (χ4v) is 4.18. The van der Waals surface area contributed by atoms with Crippen molar-refractivity contribution < 1.29 is 14.3 Å². The monoisotopic (exact) mass is 460 g/mol. The molecule has 0 radical (unpaired) electrons. The normalized spacial score (nSPS) is 11.4. The summed E-state index contributed by atoms with van der Waals surface area (Å²) in [5.74, 6) is -0.660. The summed E-state index contributed by atoms with van der Waals surface area (Å²) in [5, 5.41) is 2.89. The van der Waals surface area contributed by atoms with Crippen LogP contribution in [0, 0.1) is 6.92 Å². The maximum absolute atomic E-state index is 13.1. The van der Waals surface area contributed by atoms with E-state index in [1.54, 1.807) is 30.5 Å². The second-order valence-electron chi connectivity index (χ2n) is 8.63. The predicted molar refractivity (Wildman–Crippen MR) is 129 cm³/mol. The van der Waals surface area contributed by atoms with Gasteiger partial charge in [0.2, 0.25) is 0 Å². The molecular formula is C25H24N4O3S. The number of benzene rings is 2. The molecule has 0 unspecified atom stereocenters. The smallest absolute Gasteiger partial charge is 0.338 e. The van der Waals surface area contributed by atoms with Crippen molar-refractivity contribution in [1.29, 1.82) is 0 Å². The Bertz CT molecular complexity index is 1320. The summed E-state index contributed by atoms with van der Waals surface area (Å²) in [6, 6.07) is 14.3. The lowest BCUT2D eigenvalue weighted by Gasteiger charge is -2.19. The van der Waals surface area contributed by atoms with E-state index < -0.39 is 11.6 Å². The first kappa shape index (κ1) is 22.5. The molecule has 1 amide bonds. The summed E-state index contributed by atoms with van der Waals surface area (Å²) in [6.45, 7) is 7.26. The number of nitrogens with zero attached hydrogens (tertiary/aromatic N) is 3. The Morgan fingerprint density at radius 1 is 1.03 bits per heavy atom. The summed E-state index contributed by atoms with van der Waals surface area (Å²) in [5.41, 5.74) is 4.04. The molecule has 7 nitrogen and oxygen atoms in total. The Morgan fingerprint density at radius 3 is 2.42 bits per heavy atom. The lowest BCUT2D eigenvalue weighted by Crippen LogP contribution is -2.23. The van der Waals surface area contributed by atoms with Crippen molar-refractivity contribution in [3.8, 4) is 0 Å². The van der Waals surface area contributed by atoms with E-state index in [2.05, 4.69) is 19.7 Å². The maximum Gasteiger partial charge on any atom is 0.338 e. The molecule has 0 saturated carbocycles. The van der Waals surface area contributed by atoms with Crippen LogP contribution in [0.4, 0.5) is 5.69 Å². The molecule has 2 aromatic heterocycles. The molecule has 1 N–H and O–H groups in total. The molecule has 0 aliphatic rings. The van der Waals surface area contributed by atoms with Crippen LogP contribution < -0.4 is 5.32 Å². The average Bonchev–Trinajstić information content (AvgIpc) is 3.13.